The highest BCUT2D eigenvalue weighted by Crippen LogP contribution is 2.35. The molecule has 7 aromatic rings. The van der Waals surface area contributed by atoms with Gasteiger partial charge in [-0.3, -0.25) is 47.8 Å². The Morgan fingerprint density at radius 2 is 1.59 bits per heavy atom. The fourth-order valence-electron chi connectivity index (χ4n) is 10.4. The molecule has 3 fully saturated rings. The number of benzene rings is 2. The first kappa shape index (κ1) is 45.4. The van der Waals surface area contributed by atoms with E-state index in [-0.39, 0.29) is 52.7 Å². The minimum atomic E-state index is -0.776. The molecule has 20 heteroatoms. The molecule has 3 saturated heterocycles. The Balaban J connectivity index is 0.721. The summed E-state index contributed by atoms with van der Waals surface area (Å²) in [6.07, 6.45) is 8.28. The lowest BCUT2D eigenvalue weighted by Gasteiger charge is -2.33. The maximum Gasteiger partial charge on any atom is 0.329 e. The Labute approximate surface area is 393 Å². The molecule has 69 heavy (non-hydrogen) atoms. The van der Waals surface area contributed by atoms with Gasteiger partial charge >= 0.3 is 5.69 Å². The molecule has 0 spiro atoms. The zero-order chi connectivity index (χ0) is 48.2. The summed E-state index contributed by atoms with van der Waals surface area (Å²) in [5.41, 5.74) is 4.01. The number of carbonyl (C=O) groups excluding carboxylic acids is 3. The van der Waals surface area contributed by atoms with Crippen molar-refractivity contribution in [2.45, 2.75) is 70.0 Å². The van der Waals surface area contributed by atoms with Crippen molar-refractivity contribution in [2.75, 3.05) is 38.5 Å². The number of carbonyl (C=O) groups is 3. The van der Waals surface area contributed by atoms with Gasteiger partial charge in [0.15, 0.2) is 5.82 Å². The average molecular weight is 945 g/mol. The molecule has 8 heterocycles. The van der Waals surface area contributed by atoms with E-state index in [9.17, 15) is 28.4 Å². The first-order chi connectivity index (χ1) is 33.3. The van der Waals surface area contributed by atoms with Crippen LogP contribution < -0.4 is 21.9 Å². The van der Waals surface area contributed by atoms with Crippen LogP contribution in [0.3, 0.4) is 0 Å². The Morgan fingerprint density at radius 1 is 0.841 bits per heavy atom. The van der Waals surface area contributed by atoms with Crippen LogP contribution in [-0.4, -0.2) is 99.0 Å². The number of amides is 3. The predicted molar refractivity (Wildman–Crippen MR) is 250 cm³/mol. The lowest BCUT2D eigenvalue weighted by Crippen LogP contribution is -2.44. The number of pyridine rings is 2. The third kappa shape index (κ3) is 8.50. The summed E-state index contributed by atoms with van der Waals surface area (Å²) in [6.45, 7) is 3.21. The zero-order valence-corrected chi connectivity index (χ0v) is 38.4. The molecule has 0 radical (unpaired) electrons. The molecular formula is C49H51F3N12O5. The normalized spacial score (nSPS) is 17.6. The highest BCUT2D eigenvalue weighted by Gasteiger charge is 2.33. The quantitative estimate of drug-likeness (QED) is 0.160. The van der Waals surface area contributed by atoms with Gasteiger partial charge in [0.05, 0.1) is 34.8 Å². The van der Waals surface area contributed by atoms with Gasteiger partial charge in [0.25, 0.3) is 11.5 Å². The molecule has 3 amide bonds. The molecule has 17 nitrogen and oxygen atoms in total. The third-order valence-electron chi connectivity index (χ3n) is 14.4. The van der Waals surface area contributed by atoms with E-state index in [4.69, 9.17) is 0 Å². The van der Waals surface area contributed by atoms with Gasteiger partial charge in [-0.25, -0.2) is 22.9 Å². The highest BCUT2D eigenvalue weighted by molar-refractivity contribution is 6.00. The second kappa shape index (κ2) is 18.3. The van der Waals surface area contributed by atoms with Crippen molar-refractivity contribution in [2.24, 2.45) is 20.0 Å². The summed E-state index contributed by atoms with van der Waals surface area (Å²) < 4.78 is 54.2. The molecule has 0 bridgehead atoms. The monoisotopic (exact) mass is 944 g/mol. The molecule has 5 aromatic heterocycles. The van der Waals surface area contributed by atoms with Crippen LogP contribution in [0.15, 0.2) is 76.7 Å². The van der Waals surface area contributed by atoms with Gasteiger partial charge in [0.2, 0.25) is 11.8 Å². The number of aryl methyl sites for hydroxylation is 3. The van der Waals surface area contributed by atoms with E-state index >= 15 is 8.78 Å². The Morgan fingerprint density at radius 3 is 2.32 bits per heavy atom. The first-order valence-electron chi connectivity index (χ1n) is 23.3. The van der Waals surface area contributed by atoms with Gasteiger partial charge in [-0.15, -0.1) is 5.10 Å². The molecule has 3 aliphatic heterocycles. The van der Waals surface area contributed by atoms with Crippen molar-refractivity contribution in [1.82, 2.24) is 53.4 Å². The zero-order valence-electron chi connectivity index (χ0n) is 38.4. The topological polar surface area (TPSA) is 179 Å². The van der Waals surface area contributed by atoms with E-state index in [0.29, 0.717) is 91.5 Å². The van der Waals surface area contributed by atoms with Gasteiger partial charge in [0, 0.05) is 93.8 Å². The highest BCUT2D eigenvalue weighted by atomic mass is 19.1. The number of rotatable bonds is 11. The van der Waals surface area contributed by atoms with Crippen LogP contribution in [0.5, 0.6) is 0 Å². The van der Waals surface area contributed by atoms with Crippen molar-refractivity contribution in [3.63, 3.8) is 0 Å². The van der Waals surface area contributed by atoms with Gasteiger partial charge in [-0.2, -0.15) is 0 Å². The number of nitrogens with one attached hydrogen (secondary N) is 2. The number of imidazole rings is 1. The number of hydrogen-bond acceptors (Lipinski definition) is 10. The smallest absolute Gasteiger partial charge is 0.329 e. The van der Waals surface area contributed by atoms with E-state index in [1.165, 1.54) is 31.9 Å². The number of piperidine rings is 3. The number of imide groups is 1. The van der Waals surface area contributed by atoms with Crippen LogP contribution in [0.1, 0.15) is 78.5 Å². The van der Waals surface area contributed by atoms with Crippen molar-refractivity contribution >= 4 is 45.5 Å². The summed E-state index contributed by atoms with van der Waals surface area (Å²) in [6, 6.07) is 11.9. The van der Waals surface area contributed by atoms with Crippen molar-refractivity contribution < 1.29 is 27.6 Å². The van der Waals surface area contributed by atoms with Crippen molar-refractivity contribution in [1.29, 1.82) is 0 Å². The first-order valence-corrected chi connectivity index (χ1v) is 23.3. The summed E-state index contributed by atoms with van der Waals surface area (Å²) in [5.74, 6) is -3.28. The molecular weight excluding hydrogens is 894 g/mol. The Kier molecular flexibility index (Phi) is 12.0. The number of hydrogen-bond donors (Lipinski definition) is 2. The van der Waals surface area contributed by atoms with Gasteiger partial charge in [-0.1, -0.05) is 11.3 Å². The van der Waals surface area contributed by atoms with Gasteiger partial charge in [-0.05, 0) is 99.8 Å². The summed E-state index contributed by atoms with van der Waals surface area (Å²) in [4.78, 5) is 72.4. The number of anilines is 1. The van der Waals surface area contributed by atoms with Crippen LogP contribution in [-0.2, 0) is 36.8 Å². The molecule has 10 rings (SSSR count). The van der Waals surface area contributed by atoms with E-state index in [0.717, 1.165) is 36.7 Å². The molecule has 3 aliphatic rings. The average Bonchev–Trinajstić information content (AvgIpc) is 4.02. The second-order valence-electron chi connectivity index (χ2n) is 18.4. The fraction of sp³-hybridized carbons (Fsp3) is 0.388. The molecule has 0 aliphatic carbocycles. The second-order valence-corrected chi connectivity index (χ2v) is 18.4. The van der Waals surface area contributed by atoms with E-state index in [1.54, 1.807) is 42.0 Å². The maximum absolute atomic E-state index is 15.8. The minimum Gasteiger partial charge on any atom is -0.386 e. The fourth-order valence-corrected chi connectivity index (χ4v) is 10.4. The standard InChI is InChI=1S/C49H51F3N12O5/c1-53-37-24-44(66)63(26-36(37)52)39-8-14-54-46-33(39)23-32(58(46)2)25-60-15-12-29(13-16-60)45-34(50)20-31(21-35(45)51)48(68)61-17-9-28(10-18-61)11-19-62-27-38(56-57-62)30-4-5-40-42(22-30)59(3)49(69)64(40)41-6-7-43(65)55-47(41)67/h4-5,8,14,20-24,26-29,41,53H,6-7,9-13,15-19,25H2,1-3H3,(H,55,65,67). The SMILES string of the molecule is CNc1cc(=O)n(-c2ccnc3c2cc(CN2CCC(c4c(F)cc(C(=O)N5CCC(CCn6cc(-c7ccc8c(c7)n(C)c(=O)n8C7CCC(=O)NC7=O)nn6)CC5)cc4F)CC2)n3C)cc1F. The lowest BCUT2D eigenvalue weighted by atomic mass is 9.87. The minimum absolute atomic E-state index is 0.00250. The van der Waals surface area contributed by atoms with Crippen molar-refractivity contribution in [3.8, 4) is 16.9 Å². The number of likely N-dealkylation sites (tertiary alicyclic amines) is 2. The van der Waals surface area contributed by atoms with Crippen LogP contribution in [0.2, 0.25) is 0 Å². The predicted octanol–water partition coefficient (Wildman–Crippen LogP) is 5.39. The molecule has 0 saturated carbocycles. The summed E-state index contributed by atoms with van der Waals surface area (Å²) in [7, 11) is 5.07. The largest absolute Gasteiger partial charge is 0.386 e. The lowest BCUT2D eigenvalue weighted by molar-refractivity contribution is -0.135. The van der Waals surface area contributed by atoms with E-state index in [2.05, 4.69) is 30.8 Å². The molecule has 358 valence electrons. The molecule has 1 atom stereocenters. The molecule has 2 aromatic carbocycles. The van der Waals surface area contributed by atoms with Crippen LogP contribution >= 0.6 is 0 Å². The molecule has 1 unspecified atom stereocenters. The third-order valence-corrected chi connectivity index (χ3v) is 14.4. The van der Waals surface area contributed by atoms with Crippen LogP contribution in [0, 0.1) is 23.4 Å². The summed E-state index contributed by atoms with van der Waals surface area (Å²) >= 11 is 0. The number of nitrogens with zero attached hydrogens (tertiary/aromatic N) is 10. The summed E-state index contributed by atoms with van der Waals surface area (Å²) in [5, 5.41) is 14.4. The van der Waals surface area contributed by atoms with Crippen LogP contribution in [0.4, 0.5) is 18.9 Å². The van der Waals surface area contributed by atoms with Crippen molar-refractivity contribution in [3.05, 3.63) is 122 Å². The maximum atomic E-state index is 15.8. The number of halogens is 3. The van der Waals surface area contributed by atoms with Gasteiger partial charge < -0.3 is 14.8 Å². The van der Waals surface area contributed by atoms with E-state index in [1.807, 2.05) is 36.0 Å². The van der Waals surface area contributed by atoms with Crippen LogP contribution in [0.25, 0.3) is 39.0 Å². The van der Waals surface area contributed by atoms with E-state index < -0.39 is 35.3 Å². The molecule has 2 N–H and O–H groups in total. The Bertz CT molecular complexity index is 3280. The Hall–Kier alpha value is -7.35. The number of fused-ring (bicyclic) bond motifs is 2. The van der Waals surface area contributed by atoms with Gasteiger partial charge in [0.1, 0.15) is 29.0 Å². The number of aromatic nitrogens is 8.